The van der Waals surface area contributed by atoms with Crippen LogP contribution in [0.3, 0.4) is 0 Å². The van der Waals surface area contributed by atoms with Crippen LogP contribution in [0.25, 0.3) is 0 Å². The summed E-state index contributed by atoms with van der Waals surface area (Å²) in [5.74, 6) is 0.0404. The first-order chi connectivity index (χ1) is 11.3. The molecule has 1 aromatic carbocycles. The van der Waals surface area contributed by atoms with Gasteiger partial charge in [0.1, 0.15) is 11.8 Å². The molecule has 0 heterocycles. The molecule has 0 aliphatic carbocycles. The lowest BCUT2D eigenvalue weighted by molar-refractivity contribution is -0.123. The average molecular weight is 394 g/mol. The Morgan fingerprint density at radius 3 is 2.28 bits per heavy atom. The second-order valence-corrected chi connectivity index (χ2v) is 7.52. The van der Waals surface area contributed by atoms with Gasteiger partial charge in [0.2, 0.25) is 15.9 Å². The molecule has 0 fully saturated rings. The SMILES string of the molecule is COc1ccc(S(=O)(=O)NC(C(=O)NCCCCN)C(C)C)cc1.Cl. The van der Waals surface area contributed by atoms with E-state index in [1.165, 1.54) is 19.2 Å². The molecule has 9 heteroatoms. The number of amides is 1. The van der Waals surface area contributed by atoms with Gasteiger partial charge in [0.25, 0.3) is 0 Å². The van der Waals surface area contributed by atoms with Crippen LogP contribution in [-0.2, 0) is 14.8 Å². The van der Waals surface area contributed by atoms with Crippen LogP contribution in [0.1, 0.15) is 26.7 Å². The van der Waals surface area contributed by atoms with Gasteiger partial charge in [-0.1, -0.05) is 13.8 Å². The van der Waals surface area contributed by atoms with E-state index in [2.05, 4.69) is 10.0 Å². The van der Waals surface area contributed by atoms with Crippen molar-refractivity contribution >= 4 is 28.3 Å². The number of nitrogens with one attached hydrogen (secondary N) is 2. The number of carbonyl (C=O) groups excluding carboxylic acids is 1. The van der Waals surface area contributed by atoms with E-state index in [0.29, 0.717) is 18.8 Å². The number of sulfonamides is 1. The summed E-state index contributed by atoms with van der Waals surface area (Å²) >= 11 is 0. The van der Waals surface area contributed by atoms with E-state index in [9.17, 15) is 13.2 Å². The second-order valence-electron chi connectivity index (χ2n) is 5.81. The predicted molar refractivity (Wildman–Crippen MR) is 100 cm³/mol. The normalized spacial score (nSPS) is 12.4. The maximum absolute atomic E-state index is 12.5. The average Bonchev–Trinajstić information content (AvgIpc) is 2.56. The third-order valence-corrected chi connectivity index (χ3v) is 4.99. The van der Waals surface area contributed by atoms with Gasteiger partial charge in [0.15, 0.2) is 0 Å². The maximum Gasteiger partial charge on any atom is 0.241 e. The van der Waals surface area contributed by atoms with Crippen molar-refractivity contribution in [1.29, 1.82) is 0 Å². The molecule has 144 valence electrons. The minimum atomic E-state index is -3.80. The summed E-state index contributed by atoms with van der Waals surface area (Å²) in [7, 11) is -2.29. The van der Waals surface area contributed by atoms with Crippen molar-refractivity contribution in [3.05, 3.63) is 24.3 Å². The Bertz CT molecular complexity index is 621. The first kappa shape index (κ1) is 23.6. The highest BCUT2D eigenvalue weighted by Crippen LogP contribution is 2.16. The van der Waals surface area contributed by atoms with E-state index in [4.69, 9.17) is 10.5 Å². The number of benzene rings is 1. The van der Waals surface area contributed by atoms with Crippen molar-refractivity contribution in [3.8, 4) is 5.75 Å². The van der Waals surface area contributed by atoms with E-state index in [0.717, 1.165) is 12.8 Å². The monoisotopic (exact) mass is 393 g/mol. The largest absolute Gasteiger partial charge is 0.497 e. The van der Waals surface area contributed by atoms with Crippen LogP contribution < -0.4 is 20.5 Å². The van der Waals surface area contributed by atoms with E-state index in [1.807, 2.05) is 0 Å². The van der Waals surface area contributed by atoms with Crippen molar-refractivity contribution in [2.45, 2.75) is 37.6 Å². The molecule has 4 N–H and O–H groups in total. The van der Waals surface area contributed by atoms with Crippen LogP contribution in [0, 0.1) is 5.92 Å². The number of hydrogen-bond donors (Lipinski definition) is 3. The van der Waals surface area contributed by atoms with E-state index < -0.39 is 16.1 Å². The molecule has 0 saturated carbocycles. The van der Waals surface area contributed by atoms with Gasteiger partial charge in [-0.2, -0.15) is 4.72 Å². The molecule has 0 aliphatic heterocycles. The predicted octanol–water partition coefficient (Wildman–Crippen LogP) is 1.27. The number of hydrogen-bond acceptors (Lipinski definition) is 5. The lowest BCUT2D eigenvalue weighted by atomic mass is 10.1. The van der Waals surface area contributed by atoms with Crippen molar-refractivity contribution in [2.75, 3.05) is 20.2 Å². The van der Waals surface area contributed by atoms with Gasteiger partial charge < -0.3 is 15.8 Å². The molecule has 1 rings (SSSR count). The summed E-state index contributed by atoms with van der Waals surface area (Å²) in [4.78, 5) is 12.4. The number of methoxy groups -OCH3 is 1. The standard InChI is InChI=1S/C16H27N3O4S.ClH/c1-12(2)15(16(20)18-11-5-4-10-17)19-24(21,22)14-8-6-13(23-3)7-9-14;/h6-9,12,15,19H,4-5,10-11,17H2,1-3H3,(H,18,20);1H. The third-order valence-electron chi connectivity index (χ3n) is 3.53. The summed E-state index contributed by atoms with van der Waals surface area (Å²) in [6, 6.07) is 5.17. The molecule has 1 aromatic rings. The molecule has 0 radical (unpaired) electrons. The summed E-state index contributed by atoms with van der Waals surface area (Å²) in [5, 5.41) is 2.75. The molecular formula is C16H28ClN3O4S. The quantitative estimate of drug-likeness (QED) is 0.518. The van der Waals surface area contributed by atoms with Crippen molar-refractivity contribution < 1.29 is 17.9 Å². The number of nitrogens with two attached hydrogens (primary N) is 1. The zero-order chi connectivity index (χ0) is 18.2. The Morgan fingerprint density at radius 2 is 1.80 bits per heavy atom. The Kier molecular flexibility index (Phi) is 10.7. The molecule has 25 heavy (non-hydrogen) atoms. The topological polar surface area (TPSA) is 111 Å². The fourth-order valence-electron chi connectivity index (χ4n) is 2.07. The lowest BCUT2D eigenvalue weighted by Crippen LogP contribution is -2.49. The summed E-state index contributed by atoms with van der Waals surface area (Å²) in [5.41, 5.74) is 5.41. The molecule has 1 atom stereocenters. The zero-order valence-electron chi connectivity index (χ0n) is 14.8. The molecule has 0 spiro atoms. The van der Waals surface area contributed by atoms with Crippen LogP contribution in [-0.4, -0.2) is 40.6 Å². The number of rotatable bonds is 10. The minimum absolute atomic E-state index is 0. The fraction of sp³-hybridized carbons (Fsp3) is 0.562. The Labute approximate surface area is 156 Å². The Balaban J connectivity index is 0.00000576. The number of carbonyl (C=O) groups is 1. The molecule has 1 unspecified atom stereocenters. The second kappa shape index (κ2) is 11.3. The molecule has 7 nitrogen and oxygen atoms in total. The molecule has 0 bridgehead atoms. The van der Waals surface area contributed by atoms with Gasteiger partial charge in [0, 0.05) is 6.54 Å². The van der Waals surface area contributed by atoms with Gasteiger partial charge in [0.05, 0.1) is 12.0 Å². The van der Waals surface area contributed by atoms with Gasteiger partial charge in [-0.05, 0) is 49.6 Å². The van der Waals surface area contributed by atoms with Gasteiger partial charge in [-0.3, -0.25) is 4.79 Å². The van der Waals surface area contributed by atoms with Gasteiger partial charge in [-0.25, -0.2) is 8.42 Å². The summed E-state index contributed by atoms with van der Waals surface area (Å²) in [6.07, 6.45) is 1.57. The summed E-state index contributed by atoms with van der Waals surface area (Å²) < 4.78 is 32.5. The third kappa shape index (κ3) is 7.60. The lowest BCUT2D eigenvalue weighted by Gasteiger charge is -2.21. The summed E-state index contributed by atoms with van der Waals surface area (Å²) in [6.45, 7) is 4.62. The van der Waals surface area contributed by atoms with Crippen LogP contribution in [0.15, 0.2) is 29.2 Å². The van der Waals surface area contributed by atoms with Gasteiger partial charge in [-0.15, -0.1) is 12.4 Å². The Hall–Kier alpha value is -1.35. The zero-order valence-corrected chi connectivity index (χ0v) is 16.5. The number of ether oxygens (including phenoxy) is 1. The molecule has 0 saturated heterocycles. The van der Waals surface area contributed by atoms with E-state index in [-0.39, 0.29) is 29.1 Å². The van der Waals surface area contributed by atoms with Crippen LogP contribution in [0.5, 0.6) is 5.75 Å². The minimum Gasteiger partial charge on any atom is -0.497 e. The Morgan fingerprint density at radius 1 is 1.20 bits per heavy atom. The van der Waals surface area contributed by atoms with E-state index in [1.54, 1.807) is 26.0 Å². The van der Waals surface area contributed by atoms with E-state index >= 15 is 0 Å². The smallest absolute Gasteiger partial charge is 0.241 e. The first-order valence-corrected chi connectivity index (χ1v) is 9.44. The van der Waals surface area contributed by atoms with Crippen LogP contribution in [0.4, 0.5) is 0 Å². The maximum atomic E-state index is 12.5. The van der Waals surface area contributed by atoms with Crippen molar-refractivity contribution in [2.24, 2.45) is 11.7 Å². The number of unbranched alkanes of at least 4 members (excludes halogenated alkanes) is 1. The molecule has 1 amide bonds. The van der Waals surface area contributed by atoms with Crippen molar-refractivity contribution in [3.63, 3.8) is 0 Å². The van der Waals surface area contributed by atoms with Crippen LogP contribution >= 0.6 is 12.4 Å². The molecular weight excluding hydrogens is 366 g/mol. The van der Waals surface area contributed by atoms with Crippen LogP contribution in [0.2, 0.25) is 0 Å². The molecule has 0 aliphatic rings. The molecule has 0 aromatic heterocycles. The fourth-order valence-corrected chi connectivity index (χ4v) is 3.42. The highest BCUT2D eigenvalue weighted by atomic mass is 35.5. The highest BCUT2D eigenvalue weighted by Gasteiger charge is 2.28. The first-order valence-electron chi connectivity index (χ1n) is 7.96. The highest BCUT2D eigenvalue weighted by molar-refractivity contribution is 7.89. The van der Waals surface area contributed by atoms with Crippen molar-refractivity contribution in [1.82, 2.24) is 10.0 Å². The number of halogens is 1. The van der Waals surface area contributed by atoms with Gasteiger partial charge >= 0.3 is 0 Å².